The second kappa shape index (κ2) is 9.18. The number of hydrogen-bond donors (Lipinski definition) is 2. The minimum Gasteiger partial charge on any atom is -0.496 e. The van der Waals surface area contributed by atoms with Gasteiger partial charge in [0.05, 0.1) is 17.6 Å². The van der Waals surface area contributed by atoms with Crippen molar-refractivity contribution >= 4 is 38.9 Å². The topological polar surface area (TPSA) is 98.5 Å². The van der Waals surface area contributed by atoms with Crippen LogP contribution in [-0.2, 0) is 16.4 Å². The van der Waals surface area contributed by atoms with Gasteiger partial charge in [-0.3, -0.25) is 4.79 Å². The van der Waals surface area contributed by atoms with Crippen molar-refractivity contribution in [1.29, 1.82) is 0 Å². The molecule has 1 heterocycles. The Hall–Kier alpha value is -2.39. The Kier molecular flexibility index (Phi) is 6.82. The van der Waals surface area contributed by atoms with Crippen LogP contribution in [0, 0.1) is 6.92 Å². The van der Waals surface area contributed by atoms with E-state index in [2.05, 4.69) is 5.32 Å². The number of primary sulfonamides is 1. The van der Waals surface area contributed by atoms with Gasteiger partial charge in [-0.25, -0.2) is 13.6 Å². The number of nitrogens with one attached hydrogen (secondary N) is 1. The summed E-state index contributed by atoms with van der Waals surface area (Å²) in [5.74, 6) is 0.0932. The lowest BCUT2D eigenvalue weighted by atomic mass is 10.1. The number of carbonyl (C=O) groups excluding carboxylic acids is 1. The summed E-state index contributed by atoms with van der Waals surface area (Å²) in [6.45, 7) is 2.25. The molecule has 0 saturated heterocycles. The zero-order valence-corrected chi connectivity index (χ0v) is 18.8. The average molecular weight is 465 g/mol. The standard InChI is InChI=1S/C21H21ClN2O4S2/c1-13-9-19(29-12-13)16-5-3-14(10-20(16)30(23,26)27)7-8-24-21(25)17-11-15(22)4-6-18(17)28-2/h3-6,9-12H,7-8H2,1-2H3,(H,24,25)(H2,23,26,27). The van der Waals surface area contributed by atoms with Crippen LogP contribution in [0.2, 0.25) is 5.02 Å². The first-order valence-corrected chi connectivity index (χ1v) is 11.8. The first kappa shape index (κ1) is 22.3. The number of carbonyl (C=O) groups is 1. The lowest BCUT2D eigenvalue weighted by Gasteiger charge is -2.11. The average Bonchev–Trinajstić information content (AvgIpc) is 3.13. The van der Waals surface area contributed by atoms with Crippen LogP contribution >= 0.6 is 22.9 Å². The van der Waals surface area contributed by atoms with Gasteiger partial charge in [-0.2, -0.15) is 0 Å². The van der Waals surface area contributed by atoms with Crippen LogP contribution in [0.4, 0.5) is 0 Å². The number of sulfonamides is 1. The van der Waals surface area contributed by atoms with Gasteiger partial charge in [-0.1, -0.05) is 23.7 Å². The molecule has 0 bridgehead atoms. The molecule has 0 aliphatic rings. The molecule has 1 aromatic heterocycles. The number of halogens is 1. The molecule has 0 aliphatic carbocycles. The van der Waals surface area contributed by atoms with Gasteiger partial charge < -0.3 is 10.1 Å². The lowest BCUT2D eigenvalue weighted by molar-refractivity contribution is 0.0951. The summed E-state index contributed by atoms with van der Waals surface area (Å²) < 4.78 is 29.5. The quantitative estimate of drug-likeness (QED) is 0.552. The Labute approximate surface area is 184 Å². The third-order valence-electron chi connectivity index (χ3n) is 4.45. The van der Waals surface area contributed by atoms with Crippen molar-refractivity contribution in [3.63, 3.8) is 0 Å². The fourth-order valence-electron chi connectivity index (χ4n) is 3.01. The molecule has 158 valence electrons. The van der Waals surface area contributed by atoms with E-state index < -0.39 is 10.0 Å². The van der Waals surface area contributed by atoms with E-state index in [1.165, 1.54) is 24.5 Å². The number of methoxy groups -OCH3 is 1. The van der Waals surface area contributed by atoms with Crippen molar-refractivity contribution in [2.45, 2.75) is 18.2 Å². The van der Waals surface area contributed by atoms with Gasteiger partial charge in [-0.05, 0) is 60.2 Å². The molecule has 0 aliphatic heterocycles. The maximum Gasteiger partial charge on any atom is 0.255 e. The number of aryl methyl sites for hydroxylation is 1. The third-order valence-corrected chi connectivity index (χ3v) is 6.72. The largest absolute Gasteiger partial charge is 0.496 e. The highest BCUT2D eigenvalue weighted by atomic mass is 35.5. The van der Waals surface area contributed by atoms with Crippen molar-refractivity contribution in [3.05, 3.63) is 69.6 Å². The molecule has 0 spiro atoms. The Morgan fingerprint density at radius 1 is 1.20 bits per heavy atom. The Morgan fingerprint density at radius 3 is 2.60 bits per heavy atom. The van der Waals surface area contributed by atoms with E-state index in [0.717, 1.165) is 16.0 Å². The lowest BCUT2D eigenvalue weighted by Crippen LogP contribution is -2.26. The van der Waals surface area contributed by atoms with Gasteiger partial charge in [0.2, 0.25) is 10.0 Å². The summed E-state index contributed by atoms with van der Waals surface area (Å²) in [6.07, 6.45) is 0.431. The molecule has 1 amide bonds. The Bertz CT molecular complexity index is 1190. The molecular formula is C21H21ClN2O4S2. The van der Waals surface area contributed by atoms with Crippen molar-refractivity contribution < 1.29 is 17.9 Å². The summed E-state index contributed by atoms with van der Waals surface area (Å²) in [4.78, 5) is 13.4. The molecule has 0 unspecified atom stereocenters. The predicted octanol–water partition coefficient (Wildman–Crippen LogP) is 4.01. The molecule has 9 heteroatoms. The fraction of sp³-hybridized carbons (Fsp3) is 0.190. The van der Waals surface area contributed by atoms with Crippen LogP contribution in [0.1, 0.15) is 21.5 Å². The summed E-state index contributed by atoms with van der Waals surface area (Å²) in [5, 5.41) is 10.6. The maximum atomic E-state index is 12.5. The number of thiophene rings is 1. The number of hydrogen-bond acceptors (Lipinski definition) is 5. The van der Waals surface area contributed by atoms with Crippen molar-refractivity contribution in [2.75, 3.05) is 13.7 Å². The van der Waals surface area contributed by atoms with Crippen molar-refractivity contribution in [1.82, 2.24) is 5.32 Å². The van der Waals surface area contributed by atoms with Crippen molar-refractivity contribution in [2.24, 2.45) is 5.14 Å². The van der Waals surface area contributed by atoms with Crippen LogP contribution in [0.3, 0.4) is 0 Å². The van der Waals surface area contributed by atoms with E-state index in [1.54, 1.807) is 24.3 Å². The number of nitrogens with two attached hydrogens (primary N) is 1. The summed E-state index contributed by atoms with van der Waals surface area (Å²) >= 11 is 7.43. The molecule has 0 fully saturated rings. The normalized spacial score (nSPS) is 11.3. The minimum absolute atomic E-state index is 0.0738. The van der Waals surface area contributed by atoms with Crippen molar-refractivity contribution in [3.8, 4) is 16.2 Å². The van der Waals surface area contributed by atoms with E-state index in [9.17, 15) is 13.2 Å². The van der Waals surface area contributed by atoms with Gasteiger partial charge in [0.25, 0.3) is 5.91 Å². The molecule has 3 rings (SSSR count). The molecular weight excluding hydrogens is 444 g/mol. The van der Waals surface area contributed by atoms with Gasteiger partial charge in [-0.15, -0.1) is 11.3 Å². The molecule has 6 nitrogen and oxygen atoms in total. The van der Waals surface area contributed by atoms with E-state index in [1.807, 2.05) is 24.4 Å². The van der Waals surface area contributed by atoms with Crippen LogP contribution in [0.25, 0.3) is 10.4 Å². The van der Waals surface area contributed by atoms with Gasteiger partial charge in [0.15, 0.2) is 0 Å². The van der Waals surface area contributed by atoms with Gasteiger partial charge in [0.1, 0.15) is 5.75 Å². The Balaban J connectivity index is 1.76. The highest BCUT2D eigenvalue weighted by Gasteiger charge is 2.18. The van der Waals surface area contributed by atoms with Crippen LogP contribution < -0.4 is 15.2 Å². The zero-order valence-electron chi connectivity index (χ0n) is 16.4. The van der Waals surface area contributed by atoms with Gasteiger partial charge in [0, 0.05) is 22.0 Å². The molecule has 0 saturated carbocycles. The summed E-state index contributed by atoms with van der Waals surface area (Å²) in [5.41, 5.74) is 2.71. The first-order valence-electron chi connectivity index (χ1n) is 9.02. The predicted molar refractivity (Wildman–Crippen MR) is 120 cm³/mol. The highest BCUT2D eigenvalue weighted by Crippen LogP contribution is 2.32. The van der Waals surface area contributed by atoms with Gasteiger partial charge >= 0.3 is 0 Å². The first-order chi connectivity index (χ1) is 14.2. The maximum absolute atomic E-state index is 12.5. The van der Waals surface area contributed by atoms with Crippen LogP contribution in [-0.4, -0.2) is 28.0 Å². The molecule has 2 aromatic carbocycles. The number of ether oxygens (including phenoxy) is 1. The second-order valence-electron chi connectivity index (χ2n) is 6.71. The number of benzene rings is 2. The van der Waals surface area contributed by atoms with E-state index in [0.29, 0.717) is 34.9 Å². The molecule has 3 N–H and O–H groups in total. The van der Waals surface area contributed by atoms with E-state index >= 15 is 0 Å². The minimum atomic E-state index is -3.90. The van der Waals surface area contributed by atoms with E-state index in [4.69, 9.17) is 21.5 Å². The zero-order chi connectivity index (χ0) is 21.9. The Morgan fingerprint density at radius 2 is 1.97 bits per heavy atom. The summed E-state index contributed by atoms with van der Waals surface area (Å²) in [7, 11) is -2.43. The van der Waals surface area contributed by atoms with Crippen LogP contribution in [0.15, 0.2) is 52.7 Å². The molecule has 30 heavy (non-hydrogen) atoms. The number of rotatable bonds is 7. The monoisotopic (exact) mass is 464 g/mol. The fourth-order valence-corrected chi connectivity index (χ4v) is 4.98. The van der Waals surface area contributed by atoms with Crippen LogP contribution in [0.5, 0.6) is 5.75 Å². The SMILES string of the molecule is COc1ccc(Cl)cc1C(=O)NCCc1ccc(-c2cc(C)cs2)c(S(N)(=O)=O)c1. The highest BCUT2D eigenvalue weighted by molar-refractivity contribution is 7.89. The smallest absolute Gasteiger partial charge is 0.255 e. The molecule has 0 atom stereocenters. The summed E-state index contributed by atoms with van der Waals surface area (Å²) in [6, 6.07) is 11.9. The second-order valence-corrected chi connectivity index (χ2v) is 9.59. The molecule has 3 aromatic rings. The van der Waals surface area contributed by atoms with E-state index in [-0.39, 0.29) is 10.8 Å². The number of amides is 1. The third kappa shape index (κ3) is 5.20. The molecule has 0 radical (unpaired) electrons.